The Hall–Kier alpha value is -2.28. The van der Waals surface area contributed by atoms with Crippen LogP contribution in [0.25, 0.3) is 0 Å². The second-order valence-corrected chi connectivity index (χ2v) is 7.58. The number of hydrogen-bond acceptors (Lipinski definition) is 4. The van der Waals surface area contributed by atoms with Crippen molar-refractivity contribution in [3.8, 4) is 0 Å². The highest BCUT2D eigenvalue weighted by Crippen LogP contribution is 2.19. The Morgan fingerprint density at radius 2 is 1.80 bits per heavy atom. The molecule has 1 unspecified atom stereocenters. The topological polar surface area (TPSA) is 78.7 Å². The van der Waals surface area contributed by atoms with Crippen LogP contribution in [0.2, 0.25) is 0 Å². The second-order valence-electron chi connectivity index (χ2n) is 7.58. The summed E-state index contributed by atoms with van der Waals surface area (Å²) < 4.78 is 0. The van der Waals surface area contributed by atoms with E-state index in [0.717, 1.165) is 31.5 Å². The Morgan fingerprint density at radius 3 is 2.43 bits per heavy atom. The maximum atomic E-state index is 12.8. The van der Waals surface area contributed by atoms with E-state index >= 15 is 0 Å². The molecule has 8 heteroatoms. The van der Waals surface area contributed by atoms with Gasteiger partial charge in [-0.3, -0.25) is 9.59 Å². The Kier molecular flexibility index (Phi) is 9.62. The van der Waals surface area contributed by atoms with Crippen LogP contribution in [-0.2, 0) is 0 Å². The van der Waals surface area contributed by atoms with Crippen molar-refractivity contribution in [2.75, 3.05) is 38.2 Å². The molecule has 3 rings (SSSR count). The lowest BCUT2D eigenvalue weighted by Gasteiger charge is -2.35. The van der Waals surface area contributed by atoms with Crippen LogP contribution in [0.3, 0.4) is 0 Å². The van der Waals surface area contributed by atoms with Crippen molar-refractivity contribution in [3.63, 3.8) is 0 Å². The molecule has 1 saturated heterocycles. The van der Waals surface area contributed by atoms with Gasteiger partial charge in [0, 0.05) is 42.1 Å². The first-order valence-electron chi connectivity index (χ1n) is 9.58. The van der Waals surface area contributed by atoms with Gasteiger partial charge in [-0.25, -0.2) is 0 Å². The smallest absolute Gasteiger partial charge is 0.256 e. The molecule has 0 saturated carbocycles. The van der Waals surface area contributed by atoms with E-state index in [1.54, 1.807) is 36.4 Å². The number of rotatable bonds is 4. The summed E-state index contributed by atoms with van der Waals surface area (Å²) in [6, 6.07) is 12.5. The van der Waals surface area contributed by atoms with Gasteiger partial charge in [0.15, 0.2) is 0 Å². The van der Waals surface area contributed by atoms with E-state index < -0.39 is 0 Å². The molecule has 0 aliphatic carbocycles. The zero-order valence-corrected chi connectivity index (χ0v) is 19.2. The number of aryl methyl sites for hydroxylation is 1. The molecule has 2 aromatic rings. The molecular formula is C22H30Cl2N4O2. The standard InChI is InChI=1S/C22H28N4O2.2ClH/c1-15-6-9-17(23)13-20(15)21(27)24-18-10-7-16(8-11-18)22(28)26(3)19-5-4-12-25(2)14-19;;/h6-11,13,19H,4-5,12,14,23H2,1-3H3,(H,24,27);2*1H. The number of halogens is 2. The van der Waals surface area contributed by atoms with Gasteiger partial charge in [-0.1, -0.05) is 6.07 Å². The summed E-state index contributed by atoms with van der Waals surface area (Å²) in [6.45, 7) is 3.85. The number of nitrogens with zero attached hydrogens (tertiary/aromatic N) is 2. The number of benzene rings is 2. The van der Waals surface area contributed by atoms with Gasteiger partial charge in [-0.15, -0.1) is 24.8 Å². The van der Waals surface area contributed by atoms with E-state index in [9.17, 15) is 9.59 Å². The van der Waals surface area contributed by atoms with Crippen LogP contribution in [0.5, 0.6) is 0 Å². The van der Waals surface area contributed by atoms with Crippen molar-refractivity contribution in [3.05, 3.63) is 59.2 Å². The number of likely N-dealkylation sites (tertiary alicyclic amines) is 1. The Labute approximate surface area is 190 Å². The minimum absolute atomic E-state index is 0. The maximum absolute atomic E-state index is 12.8. The predicted molar refractivity (Wildman–Crippen MR) is 127 cm³/mol. The van der Waals surface area contributed by atoms with Crippen LogP contribution in [0.4, 0.5) is 11.4 Å². The lowest BCUT2D eigenvalue weighted by atomic mass is 10.0. The van der Waals surface area contributed by atoms with E-state index in [2.05, 4.69) is 17.3 Å². The maximum Gasteiger partial charge on any atom is 0.256 e. The van der Waals surface area contributed by atoms with Crippen LogP contribution in [0.1, 0.15) is 39.1 Å². The Bertz CT molecular complexity index is 874. The minimum Gasteiger partial charge on any atom is -0.399 e. The Balaban J connectivity index is 0.00000225. The number of carbonyl (C=O) groups excluding carboxylic acids is 2. The zero-order chi connectivity index (χ0) is 20.3. The fourth-order valence-electron chi connectivity index (χ4n) is 3.60. The van der Waals surface area contributed by atoms with Crippen LogP contribution in [0.15, 0.2) is 42.5 Å². The third-order valence-electron chi connectivity index (χ3n) is 5.36. The zero-order valence-electron chi connectivity index (χ0n) is 17.6. The number of anilines is 2. The summed E-state index contributed by atoms with van der Waals surface area (Å²) in [5.41, 5.74) is 9.00. The molecule has 1 atom stereocenters. The quantitative estimate of drug-likeness (QED) is 0.690. The van der Waals surface area contributed by atoms with Crippen molar-refractivity contribution >= 4 is 48.0 Å². The average Bonchev–Trinajstić information content (AvgIpc) is 2.69. The third-order valence-corrected chi connectivity index (χ3v) is 5.36. The lowest BCUT2D eigenvalue weighted by molar-refractivity contribution is 0.0644. The van der Waals surface area contributed by atoms with Crippen molar-refractivity contribution in [2.24, 2.45) is 0 Å². The number of hydrogen-bond donors (Lipinski definition) is 2. The molecule has 2 amide bonds. The summed E-state index contributed by atoms with van der Waals surface area (Å²) in [5.74, 6) is -0.212. The van der Waals surface area contributed by atoms with E-state index in [-0.39, 0.29) is 42.7 Å². The molecule has 164 valence electrons. The fraction of sp³-hybridized carbons (Fsp3) is 0.364. The second kappa shape index (κ2) is 11.2. The van der Waals surface area contributed by atoms with Crippen molar-refractivity contribution in [1.29, 1.82) is 0 Å². The summed E-state index contributed by atoms with van der Waals surface area (Å²) in [7, 11) is 3.95. The van der Waals surface area contributed by atoms with Crippen LogP contribution < -0.4 is 11.1 Å². The van der Waals surface area contributed by atoms with Crippen LogP contribution in [-0.4, -0.2) is 54.8 Å². The van der Waals surface area contributed by atoms with E-state index in [1.165, 1.54) is 0 Å². The van der Waals surface area contributed by atoms with Gasteiger partial charge in [-0.05, 0) is 75.3 Å². The fourth-order valence-corrected chi connectivity index (χ4v) is 3.60. The lowest BCUT2D eigenvalue weighted by Crippen LogP contribution is -2.47. The number of nitrogens with one attached hydrogen (secondary N) is 1. The number of amides is 2. The molecule has 1 fully saturated rings. The molecule has 30 heavy (non-hydrogen) atoms. The van der Waals surface area contributed by atoms with E-state index in [4.69, 9.17) is 5.73 Å². The SMILES string of the molecule is Cc1ccc(N)cc1C(=O)Nc1ccc(C(=O)N(C)C2CCCN(C)C2)cc1.Cl.Cl. The third kappa shape index (κ3) is 6.11. The molecule has 3 N–H and O–H groups in total. The first kappa shape index (κ1) is 25.8. The monoisotopic (exact) mass is 452 g/mol. The molecule has 0 bridgehead atoms. The number of piperidine rings is 1. The number of nitrogen functional groups attached to an aromatic ring is 1. The molecule has 1 aliphatic heterocycles. The van der Waals surface area contributed by atoms with E-state index in [0.29, 0.717) is 22.5 Å². The summed E-state index contributed by atoms with van der Waals surface area (Å²) >= 11 is 0. The van der Waals surface area contributed by atoms with Gasteiger partial charge in [-0.2, -0.15) is 0 Å². The van der Waals surface area contributed by atoms with Crippen LogP contribution in [0, 0.1) is 6.92 Å². The highest BCUT2D eigenvalue weighted by molar-refractivity contribution is 6.06. The minimum atomic E-state index is -0.216. The van der Waals surface area contributed by atoms with Gasteiger partial charge < -0.3 is 20.9 Å². The first-order valence-corrected chi connectivity index (χ1v) is 9.58. The summed E-state index contributed by atoms with van der Waals surface area (Å²) in [6.07, 6.45) is 2.13. The van der Waals surface area contributed by atoms with Crippen molar-refractivity contribution in [2.45, 2.75) is 25.8 Å². The van der Waals surface area contributed by atoms with Crippen LogP contribution >= 0.6 is 24.8 Å². The van der Waals surface area contributed by atoms with Crippen molar-refractivity contribution < 1.29 is 9.59 Å². The Morgan fingerprint density at radius 1 is 1.13 bits per heavy atom. The molecule has 0 spiro atoms. The van der Waals surface area contributed by atoms with Gasteiger partial charge in [0.1, 0.15) is 0 Å². The number of carbonyl (C=O) groups is 2. The van der Waals surface area contributed by atoms with Gasteiger partial charge >= 0.3 is 0 Å². The highest BCUT2D eigenvalue weighted by atomic mass is 35.5. The summed E-state index contributed by atoms with van der Waals surface area (Å²) in [4.78, 5) is 29.4. The molecule has 0 aromatic heterocycles. The molecule has 2 aromatic carbocycles. The highest BCUT2D eigenvalue weighted by Gasteiger charge is 2.25. The predicted octanol–water partition coefficient (Wildman–Crippen LogP) is 3.84. The van der Waals surface area contributed by atoms with E-state index in [1.807, 2.05) is 24.9 Å². The van der Waals surface area contributed by atoms with Gasteiger partial charge in [0.2, 0.25) is 0 Å². The summed E-state index contributed by atoms with van der Waals surface area (Å²) in [5, 5.41) is 2.86. The largest absolute Gasteiger partial charge is 0.399 e. The number of likely N-dealkylation sites (N-methyl/N-ethyl adjacent to an activating group) is 2. The normalized spacial score (nSPS) is 16.0. The molecule has 1 aliphatic rings. The molecule has 1 heterocycles. The molecule has 6 nitrogen and oxygen atoms in total. The van der Waals surface area contributed by atoms with Gasteiger partial charge in [0.25, 0.3) is 11.8 Å². The van der Waals surface area contributed by atoms with Gasteiger partial charge in [0.05, 0.1) is 0 Å². The first-order chi connectivity index (χ1) is 13.3. The molecule has 0 radical (unpaired) electrons. The van der Waals surface area contributed by atoms with Crippen molar-refractivity contribution in [1.82, 2.24) is 9.80 Å². The average molecular weight is 453 g/mol. The number of nitrogens with two attached hydrogens (primary N) is 1. The molecular weight excluding hydrogens is 423 g/mol.